The van der Waals surface area contributed by atoms with Crippen molar-refractivity contribution >= 4 is 5.91 Å². The number of aromatic nitrogens is 3. The molecule has 2 aromatic heterocycles. The summed E-state index contributed by atoms with van der Waals surface area (Å²) >= 11 is 0. The van der Waals surface area contributed by atoms with Gasteiger partial charge in [0.05, 0.1) is 5.92 Å². The third-order valence-corrected chi connectivity index (χ3v) is 2.94. The molecule has 1 N–H and O–H groups in total. The summed E-state index contributed by atoms with van der Waals surface area (Å²) in [4.78, 5) is 29.9. The largest absolute Gasteiger partial charge is 0.443 e. The fourth-order valence-electron chi connectivity index (χ4n) is 1.88. The molecule has 1 saturated heterocycles. The average molecular weight is 286 g/mol. The van der Waals surface area contributed by atoms with Gasteiger partial charge in [-0.1, -0.05) is 5.16 Å². The van der Waals surface area contributed by atoms with Gasteiger partial charge in [-0.15, -0.1) is 0 Å². The first-order valence-corrected chi connectivity index (χ1v) is 5.63. The third kappa shape index (κ3) is 2.08. The Morgan fingerprint density at radius 3 is 2.80 bits per heavy atom. The predicted octanol–water partition coefficient (Wildman–Crippen LogP) is 0.528. The maximum atomic E-state index is 12.3. The fraction of sp³-hybridized carbons (Fsp3) is 0.400. The van der Waals surface area contributed by atoms with E-state index >= 15 is 0 Å². The first-order chi connectivity index (χ1) is 9.54. The molecular weight excluding hydrogens is 278 g/mol. The first-order valence-electron chi connectivity index (χ1n) is 5.63. The van der Waals surface area contributed by atoms with E-state index in [1.807, 2.05) is 0 Å². The number of hydrogen-bond donors (Lipinski definition) is 1. The van der Waals surface area contributed by atoms with Gasteiger partial charge in [0.2, 0.25) is 0 Å². The fourth-order valence-corrected chi connectivity index (χ4v) is 1.88. The summed E-state index contributed by atoms with van der Waals surface area (Å²) < 4.78 is 33.4. The molecule has 0 spiro atoms. The summed E-state index contributed by atoms with van der Waals surface area (Å²) in [5.41, 5.74) is -0.174. The van der Waals surface area contributed by atoms with Gasteiger partial charge < -0.3 is 9.32 Å². The number of rotatable bonds is 3. The highest BCUT2D eigenvalue weighted by molar-refractivity contribution is 5.92. The predicted molar refractivity (Wildman–Crippen MR) is 57.2 cm³/mol. The van der Waals surface area contributed by atoms with Gasteiger partial charge in [0.25, 0.3) is 11.8 Å². The summed E-state index contributed by atoms with van der Waals surface area (Å²) in [7, 11) is 0. The molecule has 0 atom stereocenters. The lowest BCUT2D eigenvalue weighted by Crippen LogP contribution is -2.49. The molecule has 2 aromatic rings. The van der Waals surface area contributed by atoms with Crippen LogP contribution in [0.1, 0.15) is 34.5 Å². The van der Waals surface area contributed by atoms with E-state index in [0.717, 1.165) is 6.26 Å². The number of H-pyrrole nitrogens is 1. The molecule has 1 aliphatic rings. The average Bonchev–Trinajstić information content (AvgIpc) is 2.96. The number of aromatic amines is 1. The first kappa shape index (κ1) is 12.5. The van der Waals surface area contributed by atoms with Crippen LogP contribution in [0.4, 0.5) is 8.78 Å². The lowest BCUT2D eigenvalue weighted by atomic mass is 9.99. The van der Waals surface area contributed by atoms with E-state index in [2.05, 4.69) is 24.1 Å². The molecule has 1 amide bonds. The minimum atomic E-state index is -2.86. The van der Waals surface area contributed by atoms with Gasteiger partial charge in [0.15, 0.2) is 11.5 Å². The minimum Gasteiger partial charge on any atom is -0.443 e. The summed E-state index contributed by atoms with van der Waals surface area (Å²) in [6.45, 7) is 0.580. The molecule has 106 valence electrons. The summed E-state index contributed by atoms with van der Waals surface area (Å²) in [5.74, 6) is -1.75. The molecule has 10 heteroatoms. The van der Waals surface area contributed by atoms with Gasteiger partial charge in [-0.2, -0.15) is 8.78 Å². The van der Waals surface area contributed by atoms with E-state index in [4.69, 9.17) is 0 Å². The Labute approximate surface area is 109 Å². The van der Waals surface area contributed by atoms with Crippen LogP contribution < -0.4 is 5.76 Å². The monoisotopic (exact) mass is 286 g/mol. The second kappa shape index (κ2) is 4.54. The van der Waals surface area contributed by atoms with E-state index in [-0.39, 0.29) is 24.7 Å². The van der Waals surface area contributed by atoms with Crippen molar-refractivity contribution in [2.75, 3.05) is 13.1 Å². The third-order valence-electron chi connectivity index (χ3n) is 2.94. The molecule has 1 fully saturated rings. The number of halogens is 2. The van der Waals surface area contributed by atoms with E-state index in [1.165, 1.54) is 4.90 Å². The number of amides is 1. The van der Waals surface area contributed by atoms with Gasteiger partial charge in [-0.25, -0.2) is 9.78 Å². The zero-order valence-corrected chi connectivity index (χ0v) is 9.88. The minimum absolute atomic E-state index is 0.146. The molecular formula is C10H8F2N4O4. The quantitative estimate of drug-likeness (QED) is 0.882. The number of carbonyl (C=O) groups excluding carboxylic acids is 1. The number of alkyl halides is 2. The summed E-state index contributed by atoms with van der Waals surface area (Å²) in [6.07, 6.45) is -1.96. The van der Waals surface area contributed by atoms with Crippen LogP contribution in [-0.2, 0) is 0 Å². The molecule has 0 saturated carbocycles. The highest BCUT2D eigenvalue weighted by atomic mass is 19.3. The van der Waals surface area contributed by atoms with Crippen molar-refractivity contribution in [3.8, 4) is 0 Å². The Morgan fingerprint density at radius 2 is 2.25 bits per heavy atom. The van der Waals surface area contributed by atoms with Crippen molar-refractivity contribution in [1.82, 2.24) is 20.0 Å². The lowest BCUT2D eigenvalue weighted by molar-refractivity contribution is 0.0585. The van der Waals surface area contributed by atoms with Crippen LogP contribution in [0, 0.1) is 0 Å². The zero-order valence-electron chi connectivity index (χ0n) is 9.88. The summed E-state index contributed by atoms with van der Waals surface area (Å²) in [5, 5.41) is 3.52. The molecule has 0 aliphatic carbocycles. The normalized spacial score (nSPS) is 15.7. The number of nitrogens with zero attached hydrogens (tertiary/aromatic N) is 3. The second-order valence-corrected chi connectivity index (χ2v) is 4.26. The Balaban J connectivity index is 1.64. The van der Waals surface area contributed by atoms with Gasteiger partial charge in [0.1, 0.15) is 6.26 Å². The number of likely N-dealkylation sites (tertiary alicyclic amines) is 1. The molecule has 0 aromatic carbocycles. The van der Waals surface area contributed by atoms with Crippen LogP contribution in [0.15, 0.2) is 20.0 Å². The molecule has 3 rings (SSSR count). The lowest BCUT2D eigenvalue weighted by Gasteiger charge is -2.36. The Morgan fingerprint density at radius 1 is 1.50 bits per heavy atom. The van der Waals surface area contributed by atoms with Crippen molar-refractivity contribution < 1.29 is 22.5 Å². The molecule has 8 nitrogen and oxygen atoms in total. The Hall–Kier alpha value is -2.52. The van der Waals surface area contributed by atoms with Crippen molar-refractivity contribution in [1.29, 1.82) is 0 Å². The Kier molecular flexibility index (Phi) is 2.84. The second-order valence-electron chi connectivity index (χ2n) is 4.26. The molecule has 0 radical (unpaired) electrons. The van der Waals surface area contributed by atoms with Crippen molar-refractivity contribution in [2.45, 2.75) is 12.3 Å². The van der Waals surface area contributed by atoms with Gasteiger partial charge in [-0.05, 0) is 0 Å². The van der Waals surface area contributed by atoms with Crippen LogP contribution >= 0.6 is 0 Å². The molecule has 0 unspecified atom stereocenters. The van der Waals surface area contributed by atoms with Crippen LogP contribution in [0.5, 0.6) is 0 Å². The van der Waals surface area contributed by atoms with E-state index < -0.39 is 24.0 Å². The van der Waals surface area contributed by atoms with E-state index in [9.17, 15) is 18.4 Å². The highest BCUT2D eigenvalue weighted by Crippen LogP contribution is 2.26. The van der Waals surface area contributed by atoms with Gasteiger partial charge in [-0.3, -0.25) is 14.3 Å². The molecule has 1 aliphatic heterocycles. The number of carbonyl (C=O) groups is 1. The van der Waals surface area contributed by atoms with Gasteiger partial charge >= 0.3 is 12.2 Å². The SMILES string of the molecule is O=C(c1coc(C(F)F)n1)N1CC(c2noc(=O)[nH]2)C1. The maximum absolute atomic E-state index is 12.3. The summed E-state index contributed by atoms with van der Waals surface area (Å²) in [6, 6.07) is 0. The molecule has 0 bridgehead atoms. The van der Waals surface area contributed by atoms with Gasteiger partial charge in [0, 0.05) is 13.1 Å². The van der Waals surface area contributed by atoms with Crippen LogP contribution in [0.3, 0.4) is 0 Å². The van der Waals surface area contributed by atoms with Crippen molar-refractivity contribution in [2.24, 2.45) is 0 Å². The molecule has 3 heterocycles. The number of oxazole rings is 1. The smallest absolute Gasteiger partial charge is 0.438 e. The van der Waals surface area contributed by atoms with Crippen molar-refractivity contribution in [3.63, 3.8) is 0 Å². The zero-order chi connectivity index (χ0) is 14.3. The maximum Gasteiger partial charge on any atom is 0.438 e. The number of nitrogens with one attached hydrogen (secondary N) is 1. The van der Waals surface area contributed by atoms with Crippen LogP contribution in [0.25, 0.3) is 0 Å². The highest BCUT2D eigenvalue weighted by Gasteiger charge is 2.36. The van der Waals surface area contributed by atoms with E-state index in [1.54, 1.807) is 0 Å². The topological polar surface area (TPSA) is 105 Å². The number of hydrogen-bond acceptors (Lipinski definition) is 6. The van der Waals surface area contributed by atoms with E-state index in [0.29, 0.717) is 5.82 Å². The standard InChI is InChI=1S/C10H8F2N4O4/c11-6(12)8-13-5(3-19-8)9(17)16-1-4(2-16)7-14-10(18)20-15-7/h3-4,6H,1-2H2,(H,14,15,18). The molecule has 20 heavy (non-hydrogen) atoms. The van der Waals surface area contributed by atoms with Crippen LogP contribution in [0.2, 0.25) is 0 Å². The van der Waals surface area contributed by atoms with Crippen molar-refractivity contribution in [3.05, 3.63) is 34.2 Å². The Bertz CT molecular complexity index is 685. The van der Waals surface area contributed by atoms with Crippen LogP contribution in [-0.4, -0.2) is 39.0 Å².